The predicted molar refractivity (Wildman–Crippen MR) is 56.0 cm³/mol. The molecule has 0 radical (unpaired) electrons. The van der Waals surface area contributed by atoms with Crippen molar-refractivity contribution in [1.82, 2.24) is 9.66 Å². The minimum absolute atomic E-state index is 0.274. The molecule has 0 aliphatic heterocycles. The lowest BCUT2D eigenvalue weighted by molar-refractivity contribution is -0.115. The van der Waals surface area contributed by atoms with Crippen molar-refractivity contribution in [2.24, 2.45) is 0 Å². The fourth-order valence-electron chi connectivity index (χ4n) is 1.36. The van der Waals surface area contributed by atoms with E-state index >= 15 is 0 Å². The lowest BCUT2D eigenvalue weighted by Gasteiger charge is -2.08. The zero-order valence-electron chi connectivity index (χ0n) is 8.10. The summed E-state index contributed by atoms with van der Waals surface area (Å²) in [5, 5.41) is 0.797. The molecule has 5 nitrogen and oxygen atoms in total. The Labute approximate surface area is 85.3 Å². The van der Waals surface area contributed by atoms with Crippen molar-refractivity contribution in [3.05, 3.63) is 40.9 Å². The Morgan fingerprint density at radius 2 is 2.20 bits per heavy atom. The molecule has 0 spiro atoms. The Kier molecular flexibility index (Phi) is 2.21. The van der Waals surface area contributed by atoms with Gasteiger partial charge in [0.05, 0.1) is 5.52 Å². The minimum atomic E-state index is -0.290. The summed E-state index contributed by atoms with van der Waals surface area (Å²) in [5.74, 6) is -0.290. The Bertz CT molecular complexity index is 574. The molecule has 2 aromatic rings. The summed E-state index contributed by atoms with van der Waals surface area (Å²) >= 11 is 0. The number of rotatable bonds is 1. The topological polar surface area (TPSA) is 64.0 Å². The number of hydrogen-bond acceptors (Lipinski definition) is 3. The number of carbonyl (C=O) groups is 1. The molecule has 1 N–H and O–H groups in total. The maximum atomic E-state index is 11.5. The molecule has 0 aliphatic rings. The first kappa shape index (κ1) is 9.39. The fourth-order valence-corrected chi connectivity index (χ4v) is 1.36. The largest absolute Gasteiger partial charge is 0.274 e. The van der Waals surface area contributed by atoms with Crippen LogP contribution in [0.5, 0.6) is 0 Å². The van der Waals surface area contributed by atoms with Gasteiger partial charge in [0.1, 0.15) is 0 Å². The smallest absolute Gasteiger partial charge is 0.269 e. The van der Waals surface area contributed by atoms with Crippen molar-refractivity contribution in [3.63, 3.8) is 0 Å². The normalized spacial score (nSPS) is 10.2. The van der Waals surface area contributed by atoms with Crippen LogP contribution in [0.15, 0.2) is 35.4 Å². The Hall–Kier alpha value is -2.17. The molecule has 2 rings (SSSR count). The number of nitrogens with zero attached hydrogens (tertiary/aromatic N) is 2. The van der Waals surface area contributed by atoms with Gasteiger partial charge >= 0.3 is 0 Å². The number of aromatic nitrogens is 2. The molecule has 0 aromatic carbocycles. The molecule has 2 aromatic heterocycles. The molecule has 0 saturated carbocycles. The molecule has 0 aliphatic carbocycles. The van der Waals surface area contributed by atoms with Gasteiger partial charge in [-0.1, -0.05) is 0 Å². The van der Waals surface area contributed by atoms with Crippen LogP contribution in [0, 0.1) is 0 Å². The lowest BCUT2D eigenvalue weighted by atomic mass is 10.3. The molecule has 1 amide bonds. The number of fused-ring (bicyclic) bond motifs is 1. The van der Waals surface area contributed by atoms with Gasteiger partial charge in [-0.15, -0.1) is 0 Å². The maximum absolute atomic E-state index is 11.5. The monoisotopic (exact) mass is 203 g/mol. The van der Waals surface area contributed by atoms with Crippen LogP contribution in [0.3, 0.4) is 0 Å². The summed E-state index contributed by atoms with van der Waals surface area (Å²) in [4.78, 5) is 26.4. The van der Waals surface area contributed by atoms with E-state index in [1.54, 1.807) is 24.5 Å². The van der Waals surface area contributed by atoms with Gasteiger partial charge in [-0.05, 0) is 12.1 Å². The Morgan fingerprint density at radius 1 is 1.40 bits per heavy atom. The second-order valence-electron chi connectivity index (χ2n) is 3.11. The van der Waals surface area contributed by atoms with Crippen molar-refractivity contribution in [2.75, 3.05) is 5.43 Å². The van der Waals surface area contributed by atoms with E-state index in [0.29, 0.717) is 5.52 Å². The molecule has 2 heterocycles. The average molecular weight is 203 g/mol. The molecular formula is C10H9N3O2. The van der Waals surface area contributed by atoms with Gasteiger partial charge in [0.15, 0.2) is 0 Å². The van der Waals surface area contributed by atoms with Gasteiger partial charge < -0.3 is 0 Å². The maximum Gasteiger partial charge on any atom is 0.269 e. The summed E-state index contributed by atoms with van der Waals surface area (Å²) in [6.45, 7) is 1.35. The average Bonchev–Trinajstić information content (AvgIpc) is 2.22. The van der Waals surface area contributed by atoms with Gasteiger partial charge in [-0.3, -0.25) is 20.0 Å². The lowest BCUT2D eigenvalue weighted by Crippen LogP contribution is -2.31. The second-order valence-corrected chi connectivity index (χ2v) is 3.11. The van der Waals surface area contributed by atoms with E-state index in [9.17, 15) is 9.59 Å². The molecule has 0 bridgehead atoms. The van der Waals surface area contributed by atoms with Crippen molar-refractivity contribution in [3.8, 4) is 0 Å². The van der Waals surface area contributed by atoms with Crippen LogP contribution in [0.2, 0.25) is 0 Å². The van der Waals surface area contributed by atoms with E-state index in [2.05, 4.69) is 10.4 Å². The molecule has 0 fully saturated rings. The molecule has 0 saturated heterocycles. The third-order valence-corrected chi connectivity index (χ3v) is 1.96. The van der Waals surface area contributed by atoms with Crippen LogP contribution in [-0.4, -0.2) is 15.6 Å². The van der Waals surface area contributed by atoms with E-state index in [1.807, 2.05) is 0 Å². The summed E-state index contributed by atoms with van der Waals surface area (Å²) in [6, 6.07) is 4.73. The number of amides is 1. The van der Waals surface area contributed by atoms with Crippen LogP contribution in [0.1, 0.15) is 6.92 Å². The third-order valence-electron chi connectivity index (χ3n) is 1.96. The second kappa shape index (κ2) is 3.53. The van der Waals surface area contributed by atoms with Gasteiger partial charge in [0.25, 0.3) is 5.56 Å². The highest BCUT2D eigenvalue weighted by Crippen LogP contribution is 2.07. The molecule has 0 atom stereocenters. The number of nitrogens with one attached hydrogen (secondary N) is 1. The standard InChI is InChI=1S/C10H9N3O2/c1-7(14)12-13-9-4-5-11-6-8(9)2-3-10(13)15/h2-6H,1H3,(H,12,14). The molecule has 0 unspecified atom stereocenters. The summed E-state index contributed by atoms with van der Waals surface area (Å²) in [5.41, 5.74) is 2.81. The molecular weight excluding hydrogens is 194 g/mol. The zero-order chi connectivity index (χ0) is 10.8. The van der Waals surface area contributed by atoms with E-state index in [-0.39, 0.29) is 11.5 Å². The molecule has 76 valence electrons. The highest BCUT2D eigenvalue weighted by molar-refractivity contribution is 5.84. The fraction of sp³-hybridized carbons (Fsp3) is 0.100. The highest BCUT2D eigenvalue weighted by Gasteiger charge is 2.02. The first-order chi connectivity index (χ1) is 7.18. The van der Waals surface area contributed by atoms with Crippen LogP contribution in [0.4, 0.5) is 0 Å². The Morgan fingerprint density at radius 3 is 2.93 bits per heavy atom. The highest BCUT2D eigenvalue weighted by atomic mass is 16.2. The SMILES string of the molecule is CC(=O)Nn1c(=O)ccc2cnccc21. The third kappa shape index (κ3) is 1.71. The van der Waals surface area contributed by atoms with Gasteiger partial charge in [0.2, 0.25) is 5.91 Å². The van der Waals surface area contributed by atoms with Crippen molar-refractivity contribution in [2.45, 2.75) is 6.92 Å². The summed E-state index contributed by atoms with van der Waals surface area (Å²) in [7, 11) is 0. The van der Waals surface area contributed by atoms with E-state index < -0.39 is 0 Å². The summed E-state index contributed by atoms with van der Waals surface area (Å²) < 4.78 is 1.21. The summed E-state index contributed by atoms with van der Waals surface area (Å²) in [6.07, 6.45) is 3.20. The zero-order valence-corrected chi connectivity index (χ0v) is 8.10. The molecule has 5 heteroatoms. The predicted octanol–water partition coefficient (Wildman–Crippen LogP) is 0.486. The van der Waals surface area contributed by atoms with Crippen LogP contribution < -0.4 is 11.0 Å². The number of pyridine rings is 2. The van der Waals surface area contributed by atoms with E-state index in [4.69, 9.17) is 0 Å². The van der Waals surface area contributed by atoms with Crippen molar-refractivity contribution in [1.29, 1.82) is 0 Å². The van der Waals surface area contributed by atoms with Gasteiger partial charge in [-0.2, -0.15) is 0 Å². The minimum Gasteiger partial charge on any atom is -0.274 e. The molecule has 15 heavy (non-hydrogen) atoms. The van der Waals surface area contributed by atoms with Crippen LogP contribution >= 0.6 is 0 Å². The van der Waals surface area contributed by atoms with E-state index in [1.165, 1.54) is 17.7 Å². The first-order valence-corrected chi connectivity index (χ1v) is 4.42. The van der Waals surface area contributed by atoms with Crippen LogP contribution in [0.25, 0.3) is 10.9 Å². The van der Waals surface area contributed by atoms with E-state index in [0.717, 1.165) is 5.39 Å². The van der Waals surface area contributed by atoms with Gasteiger partial charge in [-0.25, -0.2) is 4.68 Å². The van der Waals surface area contributed by atoms with Crippen molar-refractivity contribution < 1.29 is 4.79 Å². The van der Waals surface area contributed by atoms with Crippen LogP contribution in [-0.2, 0) is 4.79 Å². The quantitative estimate of drug-likeness (QED) is 0.733. The Balaban J connectivity index is 2.74. The van der Waals surface area contributed by atoms with Crippen molar-refractivity contribution >= 4 is 16.8 Å². The number of hydrogen-bond donors (Lipinski definition) is 1. The first-order valence-electron chi connectivity index (χ1n) is 4.42. The number of carbonyl (C=O) groups excluding carboxylic acids is 1. The van der Waals surface area contributed by atoms with Gasteiger partial charge in [0, 0.05) is 30.8 Å².